The summed E-state index contributed by atoms with van der Waals surface area (Å²) < 4.78 is 38.5. The maximum absolute atomic E-state index is 12.8. The van der Waals surface area contributed by atoms with Crippen LogP contribution in [0.1, 0.15) is 28.2 Å². The summed E-state index contributed by atoms with van der Waals surface area (Å²) in [4.78, 5) is 19.0. The van der Waals surface area contributed by atoms with Gasteiger partial charge in [-0.2, -0.15) is 13.2 Å². The number of hydrogen-bond acceptors (Lipinski definition) is 5. The van der Waals surface area contributed by atoms with E-state index in [-0.39, 0.29) is 42.3 Å². The lowest BCUT2D eigenvalue weighted by atomic mass is 10.0. The first kappa shape index (κ1) is 17.3. The number of aromatic amines is 1. The van der Waals surface area contributed by atoms with E-state index in [0.29, 0.717) is 17.7 Å². The number of H-pyrrole nitrogens is 1. The summed E-state index contributed by atoms with van der Waals surface area (Å²) in [6, 6.07) is 2.71. The van der Waals surface area contributed by atoms with Gasteiger partial charge in [0.2, 0.25) is 5.82 Å². The van der Waals surface area contributed by atoms with Crippen LogP contribution >= 0.6 is 0 Å². The first-order valence-electron chi connectivity index (χ1n) is 7.58. The van der Waals surface area contributed by atoms with Gasteiger partial charge in [-0.25, -0.2) is 4.98 Å². The molecule has 3 rings (SSSR count). The molecule has 0 atom stereocenters. The molecule has 2 heterocycles. The number of nitrogens with one attached hydrogen (secondary N) is 1. The molecule has 0 fully saturated rings. The number of aromatic hydroxyl groups is 2. The fourth-order valence-corrected chi connectivity index (χ4v) is 2.97. The van der Waals surface area contributed by atoms with Crippen molar-refractivity contribution in [2.75, 3.05) is 6.54 Å². The van der Waals surface area contributed by atoms with Crippen molar-refractivity contribution in [2.24, 2.45) is 0 Å². The quantitative estimate of drug-likeness (QED) is 0.767. The molecule has 1 aromatic carbocycles. The maximum Gasteiger partial charge on any atom is 0.449 e. The van der Waals surface area contributed by atoms with Crippen LogP contribution in [0.2, 0.25) is 0 Å². The smallest absolute Gasteiger partial charge is 0.449 e. The van der Waals surface area contributed by atoms with Crippen LogP contribution in [0.4, 0.5) is 13.2 Å². The molecule has 1 aliphatic heterocycles. The Balaban J connectivity index is 1.89. The third-order valence-electron chi connectivity index (χ3n) is 4.24. The van der Waals surface area contributed by atoms with Crippen LogP contribution in [-0.4, -0.2) is 31.6 Å². The number of aromatic nitrogens is 2. The third kappa shape index (κ3) is 3.46. The second-order valence-corrected chi connectivity index (χ2v) is 6.06. The van der Waals surface area contributed by atoms with Gasteiger partial charge in [0.1, 0.15) is 11.5 Å². The van der Waals surface area contributed by atoms with Crippen LogP contribution in [0.5, 0.6) is 11.5 Å². The average molecular weight is 355 g/mol. The lowest BCUT2D eigenvalue weighted by Crippen LogP contribution is -2.36. The van der Waals surface area contributed by atoms with E-state index in [1.807, 2.05) is 0 Å². The molecule has 0 saturated heterocycles. The minimum Gasteiger partial charge on any atom is -0.508 e. The molecule has 3 N–H and O–H groups in total. The number of halogens is 3. The summed E-state index contributed by atoms with van der Waals surface area (Å²) in [5.41, 5.74) is 0.829. The van der Waals surface area contributed by atoms with Gasteiger partial charge >= 0.3 is 6.18 Å². The molecular weight excluding hydrogens is 339 g/mol. The predicted molar refractivity (Wildman–Crippen MR) is 82.2 cm³/mol. The van der Waals surface area contributed by atoms with Crippen molar-refractivity contribution in [1.82, 2.24) is 14.9 Å². The SMILES string of the molecule is Cc1cc(O)cc(O)c1CN1CCc2c(nc(C(F)(F)F)[nH]c2=O)C1. The zero-order chi connectivity index (χ0) is 18.4. The number of nitrogens with zero attached hydrogens (tertiary/aromatic N) is 2. The molecule has 0 aliphatic carbocycles. The van der Waals surface area contributed by atoms with Crippen molar-refractivity contribution in [2.45, 2.75) is 32.6 Å². The van der Waals surface area contributed by atoms with Crippen LogP contribution in [0, 0.1) is 6.92 Å². The molecule has 0 radical (unpaired) electrons. The zero-order valence-corrected chi connectivity index (χ0v) is 13.3. The van der Waals surface area contributed by atoms with E-state index in [2.05, 4.69) is 4.98 Å². The highest BCUT2D eigenvalue weighted by molar-refractivity contribution is 5.44. The van der Waals surface area contributed by atoms with Crippen molar-refractivity contribution in [1.29, 1.82) is 0 Å². The number of rotatable bonds is 2. The van der Waals surface area contributed by atoms with Crippen molar-refractivity contribution in [3.63, 3.8) is 0 Å². The standard InChI is InChI=1S/C16H16F3N3O3/c1-8-4-9(23)5-13(24)11(8)6-22-3-2-10-12(7-22)20-15(16(17,18)19)21-14(10)25/h4-5,23-24H,2-3,6-7H2,1H3,(H,20,21,25). The summed E-state index contributed by atoms with van der Waals surface area (Å²) in [7, 11) is 0. The number of fused-ring (bicyclic) bond motifs is 1. The summed E-state index contributed by atoms with van der Waals surface area (Å²) >= 11 is 0. The van der Waals surface area contributed by atoms with Crippen molar-refractivity contribution in [3.8, 4) is 11.5 Å². The van der Waals surface area contributed by atoms with Crippen LogP contribution in [0.25, 0.3) is 0 Å². The number of phenols is 2. The molecule has 0 amide bonds. The lowest BCUT2D eigenvalue weighted by molar-refractivity contribution is -0.145. The van der Waals surface area contributed by atoms with Gasteiger partial charge in [-0.05, 0) is 25.0 Å². The number of alkyl halides is 3. The Morgan fingerprint density at radius 1 is 1.32 bits per heavy atom. The van der Waals surface area contributed by atoms with E-state index >= 15 is 0 Å². The molecule has 2 aromatic rings. The van der Waals surface area contributed by atoms with E-state index in [4.69, 9.17) is 0 Å². The Morgan fingerprint density at radius 3 is 2.68 bits per heavy atom. The van der Waals surface area contributed by atoms with Crippen molar-refractivity contribution < 1.29 is 23.4 Å². The monoisotopic (exact) mass is 355 g/mol. The van der Waals surface area contributed by atoms with Gasteiger partial charge in [-0.15, -0.1) is 0 Å². The maximum atomic E-state index is 12.8. The van der Waals surface area contributed by atoms with Gasteiger partial charge in [-0.3, -0.25) is 9.69 Å². The normalized spacial score (nSPS) is 15.2. The molecule has 25 heavy (non-hydrogen) atoms. The second kappa shape index (κ2) is 6.07. The first-order chi connectivity index (χ1) is 11.6. The first-order valence-corrected chi connectivity index (χ1v) is 7.58. The van der Waals surface area contributed by atoms with Crippen LogP contribution in [0.15, 0.2) is 16.9 Å². The van der Waals surface area contributed by atoms with E-state index in [1.54, 1.807) is 16.8 Å². The molecule has 0 unspecified atom stereocenters. The Morgan fingerprint density at radius 2 is 2.04 bits per heavy atom. The van der Waals surface area contributed by atoms with Gasteiger partial charge in [0.05, 0.1) is 5.69 Å². The Bertz CT molecular complexity index is 854. The van der Waals surface area contributed by atoms with Crippen molar-refractivity contribution >= 4 is 0 Å². The summed E-state index contributed by atoms with van der Waals surface area (Å²) in [5, 5.41) is 19.5. The molecule has 0 spiro atoms. The summed E-state index contributed by atoms with van der Waals surface area (Å²) in [6.07, 6.45) is -4.45. The number of benzene rings is 1. The molecule has 1 aromatic heterocycles. The molecule has 9 heteroatoms. The van der Waals surface area contributed by atoms with Crippen LogP contribution in [0.3, 0.4) is 0 Å². The van der Waals surface area contributed by atoms with Crippen LogP contribution < -0.4 is 5.56 Å². The summed E-state index contributed by atoms with van der Waals surface area (Å²) in [5.74, 6) is -1.45. The predicted octanol–water partition coefficient (Wildman–Crippen LogP) is 2.07. The highest BCUT2D eigenvalue weighted by Gasteiger charge is 2.36. The number of phenolic OH excluding ortho intramolecular Hbond substituents is 2. The Labute approximate surface area is 140 Å². The number of hydrogen-bond donors (Lipinski definition) is 3. The highest BCUT2D eigenvalue weighted by atomic mass is 19.4. The van der Waals surface area contributed by atoms with Gasteiger partial charge in [0.25, 0.3) is 5.56 Å². The zero-order valence-electron chi connectivity index (χ0n) is 13.3. The number of aryl methyl sites for hydroxylation is 1. The second-order valence-electron chi connectivity index (χ2n) is 6.06. The van der Waals surface area contributed by atoms with E-state index in [1.165, 1.54) is 12.1 Å². The van der Waals surface area contributed by atoms with Gasteiger partial charge < -0.3 is 15.2 Å². The fraction of sp³-hybridized carbons (Fsp3) is 0.375. The van der Waals surface area contributed by atoms with Crippen LogP contribution in [-0.2, 0) is 25.7 Å². The molecular formula is C16H16F3N3O3. The average Bonchev–Trinajstić information content (AvgIpc) is 2.49. The van der Waals surface area contributed by atoms with Gasteiger partial charge in [0.15, 0.2) is 0 Å². The van der Waals surface area contributed by atoms with E-state index < -0.39 is 17.6 Å². The molecule has 1 aliphatic rings. The lowest BCUT2D eigenvalue weighted by Gasteiger charge is -2.28. The molecule has 134 valence electrons. The largest absolute Gasteiger partial charge is 0.508 e. The van der Waals surface area contributed by atoms with Crippen molar-refractivity contribution in [3.05, 3.63) is 50.7 Å². The topological polar surface area (TPSA) is 89.4 Å². The Hall–Kier alpha value is -2.55. The van der Waals surface area contributed by atoms with Gasteiger partial charge in [-0.1, -0.05) is 0 Å². The molecule has 6 nitrogen and oxygen atoms in total. The van der Waals surface area contributed by atoms with Gasteiger partial charge in [0, 0.05) is 36.8 Å². The van der Waals surface area contributed by atoms with E-state index in [0.717, 1.165) is 0 Å². The molecule has 0 saturated carbocycles. The minimum absolute atomic E-state index is 0.0641. The highest BCUT2D eigenvalue weighted by Crippen LogP contribution is 2.30. The fourth-order valence-electron chi connectivity index (χ4n) is 2.97. The van der Waals surface area contributed by atoms with E-state index in [9.17, 15) is 28.2 Å². The summed E-state index contributed by atoms with van der Waals surface area (Å²) in [6.45, 7) is 2.51. The third-order valence-corrected chi connectivity index (χ3v) is 4.24. The Kier molecular flexibility index (Phi) is 4.19. The minimum atomic E-state index is -4.72. The molecule has 0 bridgehead atoms.